The van der Waals surface area contributed by atoms with Gasteiger partial charge in [0.15, 0.2) is 0 Å². The van der Waals surface area contributed by atoms with Gasteiger partial charge in [-0.1, -0.05) is 13.8 Å². The highest BCUT2D eigenvalue weighted by atomic mass is 32.2. The van der Waals surface area contributed by atoms with E-state index in [9.17, 15) is 8.42 Å². The van der Waals surface area contributed by atoms with Crippen molar-refractivity contribution in [3.63, 3.8) is 0 Å². The summed E-state index contributed by atoms with van der Waals surface area (Å²) in [6.45, 7) is 6.83. The van der Waals surface area contributed by atoms with Crippen LogP contribution in [0.2, 0.25) is 0 Å². The Hall–Kier alpha value is -0.130. The lowest BCUT2D eigenvalue weighted by molar-refractivity contribution is 0.290. The summed E-state index contributed by atoms with van der Waals surface area (Å²) in [5, 5.41) is 0. The Bertz CT molecular complexity index is 302. The standard InChI is InChI=1S/C13H30N2O2S/c1-12(2)13(7-8-14)6-5-9-15(3)10-11-18(4,16)17/h12-13H,5-11,14H2,1-4H3. The molecule has 0 aromatic heterocycles. The van der Waals surface area contributed by atoms with Crippen molar-refractivity contribution in [2.75, 3.05) is 38.7 Å². The van der Waals surface area contributed by atoms with Crippen molar-refractivity contribution in [1.29, 1.82) is 0 Å². The molecule has 18 heavy (non-hydrogen) atoms. The highest BCUT2D eigenvalue weighted by Crippen LogP contribution is 2.20. The van der Waals surface area contributed by atoms with Crippen LogP contribution in [0.25, 0.3) is 0 Å². The van der Waals surface area contributed by atoms with E-state index in [1.807, 2.05) is 7.05 Å². The Morgan fingerprint density at radius 3 is 2.22 bits per heavy atom. The van der Waals surface area contributed by atoms with Gasteiger partial charge in [-0.25, -0.2) is 8.42 Å². The van der Waals surface area contributed by atoms with E-state index < -0.39 is 9.84 Å². The molecule has 0 radical (unpaired) electrons. The fraction of sp³-hybridized carbons (Fsp3) is 1.00. The van der Waals surface area contributed by atoms with Crippen molar-refractivity contribution in [1.82, 2.24) is 4.90 Å². The van der Waals surface area contributed by atoms with Gasteiger partial charge in [-0.05, 0) is 51.2 Å². The van der Waals surface area contributed by atoms with Gasteiger partial charge in [-0.15, -0.1) is 0 Å². The third-order valence-electron chi connectivity index (χ3n) is 3.44. The van der Waals surface area contributed by atoms with E-state index in [4.69, 9.17) is 5.73 Å². The van der Waals surface area contributed by atoms with Crippen LogP contribution in [-0.2, 0) is 9.84 Å². The lowest BCUT2D eigenvalue weighted by atomic mass is 9.88. The van der Waals surface area contributed by atoms with Crippen LogP contribution in [0.15, 0.2) is 0 Å². The summed E-state index contributed by atoms with van der Waals surface area (Å²) < 4.78 is 22.1. The van der Waals surface area contributed by atoms with Crippen LogP contribution in [0.5, 0.6) is 0 Å². The van der Waals surface area contributed by atoms with Crippen LogP contribution >= 0.6 is 0 Å². The molecule has 110 valence electrons. The minimum Gasteiger partial charge on any atom is -0.330 e. The van der Waals surface area contributed by atoms with E-state index in [1.54, 1.807) is 0 Å². The maximum absolute atomic E-state index is 11.1. The van der Waals surface area contributed by atoms with Crippen molar-refractivity contribution >= 4 is 9.84 Å². The van der Waals surface area contributed by atoms with Crippen molar-refractivity contribution in [2.24, 2.45) is 17.6 Å². The minimum absolute atomic E-state index is 0.250. The molecule has 0 saturated carbocycles. The maximum Gasteiger partial charge on any atom is 0.148 e. The van der Waals surface area contributed by atoms with Crippen molar-refractivity contribution in [3.8, 4) is 0 Å². The van der Waals surface area contributed by atoms with Gasteiger partial charge in [0.1, 0.15) is 9.84 Å². The first-order chi connectivity index (χ1) is 8.26. The third kappa shape index (κ3) is 9.85. The maximum atomic E-state index is 11.1. The smallest absolute Gasteiger partial charge is 0.148 e. The Balaban J connectivity index is 3.81. The quantitative estimate of drug-likeness (QED) is 0.655. The second-order valence-corrected chi connectivity index (χ2v) is 7.92. The molecule has 5 heteroatoms. The van der Waals surface area contributed by atoms with Gasteiger partial charge in [-0.2, -0.15) is 0 Å². The van der Waals surface area contributed by atoms with Gasteiger partial charge in [0, 0.05) is 12.8 Å². The van der Waals surface area contributed by atoms with Crippen molar-refractivity contribution in [3.05, 3.63) is 0 Å². The average Bonchev–Trinajstić information content (AvgIpc) is 2.24. The summed E-state index contributed by atoms with van der Waals surface area (Å²) in [4.78, 5) is 2.10. The average molecular weight is 278 g/mol. The van der Waals surface area contributed by atoms with Crippen molar-refractivity contribution < 1.29 is 8.42 Å². The molecule has 1 unspecified atom stereocenters. The van der Waals surface area contributed by atoms with E-state index in [2.05, 4.69) is 18.7 Å². The fourth-order valence-electron chi connectivity index (χ4n) is 2.08. The first-order valence-corrected chi connectivity index (χ1v) is 8.88. The lowest BCUT2D eigenvalue weighted by Crippen LogP contribution is -2.27. The summed E-state index contributed by atoms with van der Waals surface area (Å²) in [5.41, 5.74) is 5.62. The van der Waals surface area contributed by atoms with E-state index in [0.717, 1.165) is 25.9 Å². The molecule has 0 fully saturated rings. The molecule has 0 bridgehead atoms. The summed E-state index contributed by atoms with van der Waals surface area (Å²) in [7, 11) is -0.856. The molecule has 0 aliphatic carbocycles. The SMILES string of the molecule is CC(C)C(CCN)CCCN(C)CCS(C)(=O)=O. The Labute approximate surface area is 113 Å². The van der Waals surface area contributed by atoms with Crippen LogP contribution in [0.1, 0.15) is 33.1 Å². The first-order valence-electron chi connectivity index (χ1n) is 6.82. The van der Waals surface area contributed by atoms with Crippen LogP contribution in [0.3, 0.4) is 0 Å². The molecule has 0 aromatic carbocycles. The molecule has 0 spiro atoms. The van der Waals surface area contributed by atoms with Gasteiger partial charge in [-0.3, -0.25) is 0 Å². The third-order valence-corrected chi connectivity index (χ3v) is 4.36. The fourth-order valence-corrected chi connectivity index (χ4v) is 2.73. The molecule has 0 amide bonds. The molecular formula is C13H30N2O2S. The zero-order valence-electron chi connectivity index (χ0n) is 12.4. The monoisotopic (exact) mass is 278 g/mol. The Kier molecular flexibility index (Phi) is 8.82. The van der Waals surface area contributed by atoms with Crippen LogP contribution in [-0.4, -0.2) is 52.0 Å². The van der Waals surface area contributed by atoms with Gasteiger partial charge in [0.25, 0.3) is 0 Å². The van der Waals surface area contributed by atoms with Crippen molar-refractivity contribution in [2.45, 2.75) is 33.1 Å². The largest absolute Gasteiger partial charge is 0.330 e. The normalized spacial score (nSPS) is 14.4. The topological polar surface area (TPSA) is 63.4 Å². The Morgan fingerprint density at radius 1 is 1.17 bits per heavy atom. The van der Waals surface area contributed by atoms with E-state index in [-0.39, 0.29) is 5.75 Å². The minimum atomic E-state index is -2.84. The number of sulfone groups is 1. The highest BCUT2D eigenvalue weighted by Gasteiger charge is 2.12. The first kappa shape index (κ1) is 17.9. The molecule has 0 aromatic rings. The summed E-state index contributed by atoms with van der Waals surface area (Å²) in [6.07, 6.45) is 4.67. The highest BCUT2D eigenvalue weighted by molar-refractivity contribution is 7.90. The van der Waals surface area contributed by atoms with E-state index >= 15 is 0 Å². The van der Waals surface area contributed by atoms with Gasteiger partial charge >= 0.3 is 0 Å². The van der Waals surface area contributed by atoms with Gasteiger partial charge in [0.05, 0.1) is 5.75 Å². The molecule has 1 atom stereocenters. The molecule has 0 heterocycles. The van der Waals surface area contributed by atoms with E-state index in [0.29, 0.717) is 18.4 Å². The lowest BCUT2D eigenvalue weighted by Gasteiger charge is -2.22. The Morgan fingerprint density at radius 2 is 1.78 bits per heavy atom. The predicted molar refractivity (Wildman–Crippen MR) is 78.4 cm³/mol. The summed E-state index contributed by atoms with van der Waals surface area (Å²) in [6, 6.07) is 0. The second-order valence-electron chi connectivity index (χ2n) is 5.66. The molecule has 2 N–H and O–H groups in total. The number of hydrogen-bond acceptors (Lipinski definition) is 4. The van der Waals surface area contributed by atoms with Crippen LogP contribution in [0, 0.1) is 11.8 Å². The molecule has 0 saturated heterocycles. The molecule has 0 rings (SSSR count). The number of hydrogen-bond donors (Lipinski definition) is 1. The summed E-state index contributed by atoms with van der Waals surface area (Å²) in [5.74, 6) is 1.62. The molecule has 0 aliphatic heterocycles. The second kappa shape index (κ2) is 8.88. The van der Waals surface area contributed by atoms with Crippen LogP contribution in [0.4, 0.5) is 0 Å². The number of rotatable bonds is 10. The van der Waals surface area contributed by atoms with Crippen LogP contribution < -0.4 is 5.73 Å². The molecule has 4 nitrogen and oxygen atoms in total. The summed E-state index contributed by atoms with van der Waals surface area (Å²) >= 11 is 0. The van der Waals surface area contributed by atoms with E-state index in [1.165, 1.54) is 12.7 Å². The van der Waals surface area contributed by atoms with Gasteiger partial charge < -0.3 is 10.6 Å². The zero-order valence-corrected chi connectivity index (χ0v) is 13.2. The zero-order chi connectivity index (χ0) is 14.2. The molecular weight excluding hydrogens is 248 g/mol. The number of nitrogens with two attached hydrogens (primary N) is 1. The predicted octanol–water partition coefficient (Wildman–Crippen LogP) is 1.36. The number of nitrogens with zero attached hydrogens (tertiary/aromatic N) is 1. The molecule has 0 aliphatic rings. The van der Waals surface area contributed by atoms with Gasteiger partial charge in [0.2, 0.25) is 0 Å².